The summed E-state index contributed by atoms with van der Waals surface area (Å²) in [6, 6.07) is 3.97. The second kappa shape index (κ2) is 6.92. The molecule has 0 saturated heterocycles. The molecule has 1 aliphatic carbocycles. The summed E-state index contributed by atoms with van der Waals surface area (Å²) < 4.78 is 0. The molecule has 1 aromatic heterocycles. The van der Waals surface area contributed by atoms with Gasteiger partial charge in [-0.3, -0.25) is 4.79 Å². The summed E-state index contributed by atoms with van der Waals surface area (Å²) in [5.41, 5.74) is 1.55. The molecule has 1 aliphatic rings. The Morgan fingerprint density at radius 3 is 2.67 bits per heavy atom. The lowest BCUT2D eigenvalue weighted by atomic mass is 9.78. The van der Waals surface area contributed by atoms with Crippen molar-refractivity contribution in [3.8, 4) is 0 Å². The molecule has 2 atom stereocenters. The van der Waals surface area contributed by atoms with E-state index < -0.39 is 0 Å². The van der Waals surface area contributed by atoms with Crippen molar-refractivity contribution in [3.05, 3.63) is 23.4 Å². The van der Waals surface area contributed by atoms with Crippen molar-refractivity contribution in [1.29, 1.82) is 0 Å². The molecule has 1 saturated carbocycles. The van der Waals surface area contributed by atoms with Gasteiger partial charge in [0.15, 0.2) is 0 Å². The number of anilines is 1. The Balaban J connectivity index is 2.11. The molecule has 1 heterocycles. The highest BCUT2D eigenvalue weighted by molar-refractivity contribution is 5.95. The predicted molar refractivity (Wildman–Crippen MR) is 86.6 cm³/mol. The van der Waals surface area contributed by atoms with Crippen LogP contribution in [-0.4, -0.2) is 24.0 Å². The largest absolute Gasteiger partial charge is 0.373 e. The maximum atomic E-state index is 12.5. The molecule has 4 nitrogen and oxygen atoms in total. The lowest BCUT2D eigenvalue weighted by molar-refractivity contribution is 0.0889. The van der Waals surface area contributed by atoms with Crippen LogP contribution < -0.4 is 10.6 Å². The van der Waals surface area contributed by atoms with Crippen molar-refractivity contribution in [3.63, 3.8) is 0 Å². The van der Waals surface area contributed by atoms with Crippen molar-refractivity contribution in [1.82, 2.24) is 10.3 Å². The first kappa shape index (κ1) is 15.8. The molecule has 2 rings (SSSR count). The van der Waals surface area contributed by atoms with Gasteiger partial charge in [0.2, 0.25) is 0 Å². The number of carbonyl (C=O) groups excluding carboxylic acids is 1. The van der Waals surface area contributed by atoms with Crippen LogP contribution in [0.3, 0.4) is 0 Å². The quantitative estimate of drug-likeness (QED) is 0.893. The monoisotopic (exact) mass is 289 g/mol. The first-order chi connectivity index (χ1) is 10.0. The zero-order valence-corrected chi connectivity index (χ0v) is 13.6. The van der Waals surface area contributed by atoms with E-state index in [4.69, 9.17) is 0 Å². The maximum Gasteiger partial charge on any atom is 0.251 e. The molecule has 2 unspecified atom stereocenters. The minimum absolute atomic E-state index is 0.0227. The SMILES string of the molecule is CNc1cc(C(=O)NC2CCCCC2C(C)C)cc(C)n1. The number of hydrogen-bond donors (Lipinski definition) is 2. The van der Waals surface area contributed by atoms with E-state index in [2.05, 4.69) is 29.5 Å². The van der Waals surface area contributed by atoms with Crippen LogP contribution in [0, 0.1) is 18.8 Å². The van der Waals surface area contributed by atoms with Gasteiger partial charge < -0.3 is 10.6 Å². The molecule has 21 heavy (non-hydrogen) atoms. The average molecular weight is 289 g/mol. The van der Waals surface area contributed by atoms with Crippen molar-refractivity contribution in [2.24, 2.45) is 11.8 Å². The molecule has 1 fully saturated rings. The van der Waals surface area contributed by atoms with Gasteiger partial charge in [-0.25, -0.2) is 4.98 Å². The zero-order chi connectivity index (χ0) is 15.4. The van der Waals surface area contributed by atoms with Gasteiger partial charge in [0.1, 0.15) is 5.82 Å². The third kappa shape index (κ3) is 3.96. The predicted octanol–water partition coefficient (Wildman–Crippen LogP) is 3.38. The highest BCUT2D eigenvalue weighted by atomic mass is 16.1. The minimum atomic E-state index is 0.0227. The van der Waals surface area contributed by atoms with Crippen LogP contribution in [0.25, 0.3) is 0 Å². The zero-order valence-electron chi connectivity index (χ0n) is 13.6. The number of rotatable bonds is 4. The third-order valence-electron chi connectivity index (χ3n) is 4.46. The van der Waals surface area contributed by atoms with Gasteiger partial charge in [0, 0.05) is 24.3 Å². The van der Waals surface area contributed by atoms with Crippen LogP contribution in [0.4, 0.5) is 5.82 Å². The number of nitrogens with one attached hydrogen (secondary N) is 2. The van der Waals surface area contributed by atoms with Crippen LogP contribution in [0.2, 0.25) is 0 Å². The van der Waals surface area contributed by atoms with Crippen molar-refractivity contribution >= 4 is 11.7 Å². The van der Waals surface area contributed by atoms with Gasteiger partial charge in [0.25, 0.3) is 5.91 Å². The van der Waals surface area contributed by atoms with E-state index in [0.29, 0.717) is 23.4 Å². The van der Waals surface area contributed by atoms with Crippen LogP contribution in [0.5, 0.6) is 0 Å². The fourth-order valence-electron chi connectivity index (χ4n) is 3.32. The second-order valence-corrected chi connectivity index (χ2v) is 6.40. The number of aromatic nitrogens is 1. The fourth-order valence-corrected chi connectivity index (χ4v) is 3.32. The number of carbonyl (C=O) groups is 1. The molecular formula is C17H27N3O. The summed E-state index contributed by atoms with van der Waals surface area (Å²) in [7, 11) is 1.82. The number of aryl methyl sites for hydroxylation is 1. The Morgan fingerprint density at radius 1 is 1.29 bits per heavy atom. The molecule has 0 radical (unpaired) electrons. The molecule has 1 aromatic rings. The van der Waals surface area contributed by atoms with Crippen molar-refractivity contribution in [2.45, 2.75) is 52.5 Å². The fraction of sp³-hybridized carbons (Fsp3) is 0.647. The Morgan fingerprint density at radius 2 is 2.00 bits per heavy atom. The summed E-state index contributed by atoms with van der Waals surface area (Å²) in [5, 5.41) is 6.25. The van der Waals surface area contributed by atoms with E-state index in [1.165, 1.54) is 19.3 Å². The second-order valence-electron chi connectivity index (χ2n) is 6.40. The van der Waals surface area contributed by atoms with Gasteiger partial charge in [-0.05, 0) is 43.7 Å². The van der Waals surface area contributed by atoms with E-state index in [1.54, 1.807) is 0 Å². The van der Waals surface area contributed by atoms with E-state index in [-0.39, 0.29) is 5.91 Å². The smallest absolute Gasteiger partial charge is 0.251 e. The Labute approximate surface area is 127 Å². The van der Waals surface area contributed by atoms with E-state index >= 15 is 0 Å². The Hall–Kier alpha value is -1.58. The average Bonchev–Trinajstić information content (AvgIpc) is 2.46. The molecule has 116 valence electrons. The normalized spacial score (nSPS) is 22.1. The van der Waals surface area contributed by atoms with Gasteiger partial charge in [-0.15, -0.1) is 0 Å². The number of amides is 1. The molecule has 2 N–H and O–H groups in total. The van der Waals surface area contributed by atoms with E-state index in [9.17, 15) is 4.79 Å². The lowest BCUT2D eigenvalue weighted by Crippen LogP contribution is -2.44. The molecule has 0 aromatic carbocycles. The van der Waals surface area contributed by atoms with Crippen LogP contribution in [0.1, 0.15) is 55.6 Å². The summed E-state index contributed by atoms with van der Waals surface area (Å²) >= 11 is 0. The summed E-state index contributed by atoms with van der Waals surface area (Å²) in [6.07, 6.45) is 4.82. The van der Waals surface area contributed by atoms with Gasteiger partial charge in [-0.1, -0.05) is 26.7 Å². The number of nitrogens with zero attached hydrogens (tertiary/aromatic N) is 1. The van der Waals surface area contributed by atoms with Crippen molar-refractivity contribution in [2.75, 3.05) is 12.4 Å². The number of pyridine rings is 1. The third-order valence-corrected chi connectivity index (χ3v) is 4.46. The maximum absolute atomic E-state index is 12.5. The topological polar surface area (TPSA) is 54.0 Å². The van der Waals surface area contributed by atoms with Crippen molar-refractivity contribution < 1.29 is 4.79 Å². The molecule has 0 spiro atoms. The van der Waals surface area contributed by atoms with Crippen LogP contribution in [-0.2, 0) is 0 Å². The summed E-state index contributed by atoms with van der Waals surface area (Å²) in [5.74, 6) is 1.97. The standard InChI is InChI=1S/C17H27N3O/c1-11(2)14-7-5-6-8-15(14)20-17(21)13-9-12(3)19-16(10-13)18-4/h9-11,14-15H,5-8H2,1-4H3,(H,18,19)(H,20,21). The lowest BCUT2D eigenvalue weighted by Gasteiger charge is -2.35. The first-order valence-electron chi connectivity index (χ1n) is 7.98. The Bertz CT molecular complexity index is 499. The van der Waals surface area contributed by atoms with E-state index in [0.717, 1.165) is 17.9 Å². The molecular weight excluding hydrogens is 262 g/mol. The summed E-state index contributed by atoms with van der Waals surface area (Å²) in [4.78, 5) is 16.9. The molecule has 4 heteroatoms. The van der Waals surface area contributed by atoms with Gasteiger partial charge >= 0.3 is 0 Å². The summed E-state index contributed by atoms with van der Waals surface area (Å²) in [6.45, 7) is 6.42. The number of hydrogen-bond acceptors (Lipinski definition) is 3. The van der Waals surface area contributed by atoms with Gasteiger partial charge in [0.05, 0.1) is 0 Å². The minimum Gasteiger partial charge on any atom is -0.373 e. The van der Waals surface area contributed by atoms with Gasteiger partial charge in [-0.2, -0.15) is 0 Å². The molecule has 0 aliphatic heterocycles. The highest BCUT2D eigenvalue weighted by Crippen LogP contribution is 2.30. The highest BCUT2D eigenvalue weighted by Gasteiger charge is 2.28. The van der Waals surface area contributed by atoms with Crippen LogP contribution in [0.15, 0.2) is 12.1 Å². The first-order valence-corrected chi connectivity index (χ1v) is 7.98. The molecule has 1 amide bonds. The molecule has 0 bridgehead atoms. The van der Waals surface area contributed by atoms with E-state index in [1.807, 2.05) is 26.1 Å². The Kier molecular flexibility index (Phi) is 5.21. The van der Waals surface area contributed by atoms with Crippen LogP contribution >= 0.6 is 0 Å².